The highest BCUT2D eigenvalue weighted by molar-refractivity contribution is 7.90. The zero-order chi connectivity index (χ0) is 22.6. The van der Waals surface area contributed by atoms with E-state index in [0.717, 1.165) is 54.9 Å². The molecule has 4 nitrogen and oxygen atoms in total. The number of rotatable bonds is 7. The summed E-state index contributed by atoms with van der Waals surface area (Å²) in [5.74, 6) is 1.17. The maximum absolute atomic E-state index is 13.4. The average molecular weight is 454 g/mol. The highest BCUT2D eigenvalue weighted by Gasteiger charge is 2.20. The molecule has 0 amide bonds. The van der Waals surface area contributed by atoms with Gasteiger partial charge in [-0.05, 0) is 84.9 Å². The molecule has 0 atom stereocenters. The van der Waals surface area contributed by atoms with Gasteiger partial charge in [-0.2, -0.15) is 0 Å². The first-order valence-electron chi connectivity index (χ1n) is 10.9. The Bertz CT molecular complexity index is 1140. The molecule has 1 aliphatic rings. The topological polar surface area (TPSA) is 46.6 Å². The Kier molecular flexibility index (Phi) is 6.92. The first-order valence-corrected chi connectivity index (χ1v) is 12.8. The molecule has 0 aromatic heterocycles. The van der Waals surface area contributed by atoms with Crippen LogP contribution in [0.5, 0.6) is 5.75 Å². The summed E-state index contributed by atoms with van der Waals surface area (Å²) in [5, 5.41) is 0. The Morgan fingerprint density at radius 3 is 2.16 bits per heavy atom. The molecule has 1 aliphatic heterocycles. The maximum Gasteiger partial charge on any atom is 0.175 e. The summed E-state index contributed by atoms with van der Waals surface area (Å²) >= 11 is 0. The first-order chi connectivity index (χ1) is 15.4. The first kappa shape index (κ1) is 22.5. The van der Waals surface area contributed by atoms with Gasteiger partial charge in [-0.1, -0.05) is 36.4 Å². The maximum atomic E-state index is 13.4. The van der Waals surface area contributed by atoms with E-state index in [1.165, 1.54) is 12.3 Å². The lowest BCUT2D eigenvalue weighted by molar-refractivity contribution is 0.136. The van der Waals surface area contributed by atoms with Crippen molar-refractivity contribution >= 4 is 9.84 Å². The lowest BCUT2D eigenvalue weighted by Gasteiger charge is -2.31. The molecule has 0 N–H and O–H groups in total. The zero-order valence-corrected chi connectivity index (χ0v) is 19.0. The molecule has 1 heterocycles. The van der Waals surface area contributed by atoms with Crippen LogP contribution in [0.3, 0.4) is 0 Å². The summed E-state index contributed by atoms with van der Waals surface area (Å²) in [5.41, 5.74) is 3.00. The van der Waals surface area contributed by atoms with E-state index in [0.29, 0.717) is 17.4 Å². The van der Waals surface area contributed by atoms with Crippen LogP contribution in [0.1, 0.15) is 18.4 Å². The number of likely N-dealkylation sites (tertiary alicyclic amines) is 1. The second-order valence-corrected chi connectivity index (χ2v) is 10.5. The number of benzene rings is 3. The number of hydrogen-bond donors (Lipinski definition) is 0. The fourth-order valence-corrected chi connectivity index (χ4v) is 4.69. The summed E-state index contributed by atoms with van der Waals surface area (Å²) in [4.78, 5) is 2.69. The van der Waals surface area contributed by atoms with Crippen molar-refractivity contribution in [2.45, 2.75) is 24.3 Å². The summed E-state index contributed by atoms with van der Waals surface area (Å²) in [6.45, 7) is 3.47. The van der Waals surface area contributed by atoms with Crippen LogP contribution >= 0.6 is 0 Å². The number of nitrogens with zero attached hydrogens (tertiary/aromatic N) is 1. The predicted molar refractivity (Wildman–Crippen MR) is 125 cm³/mol. The number of sulfone groups is 1. The lowest BCUT2D eigenvalue weighted by atomic mass is 9.97. The predicted octanol–water partition coefficient (Wildman–Crippen LogP) is 5.19. The monoisotopic (exact) mass is 453 g/mol. The highest BCUT2D eigenvalue weighted by Crippen LogP contribution is 2.25. The van der Waals surface area contributed by atoms with Gasteiger partial charge in [-0.3, -0.25) is 4.90 Å². The van der Waals surface area contributed by atoms with Crippen molar-refractivity contribution in [3.05, 3.63) is 84.2 Å². The molecule has 0 bridgehead atoms. The number of ether oxygens (including phenoxy) is 1. The van der Waals surface area contributed by atoms with Gasteiger partial charge in [0.25, 0.3) is 0 Å². The van der Waals surface area contributed by atoms with Gasteiger partial charge in [0, 0.05) is 12.8 Å². The fraction of sp³-hybridized carbons (Fsp3) is 0.308. The Morgan fingerprint density at radius 2 is 1.56 bits per heavy atom. The van der Waals surface area contributed by atoms with Crippen molar-refractivity contribution in [2.75, 3.05) is 26.0 Å². The van der Waals surface area contributed by atoms with Crippen molar-refractivity contribution in [3.8, 4) is 16.9 Å². The molecule has 1 fully saturated rings. The molecule has 0 radical (unpaired) electrons. The minimum absolute atomic E-state index is 0.178. The quantitative estimate of drug-likeness (QED) is 0.494. The van der Waals surface area contributed by atoms with Crippen LogP contribution in [0, 0.1) is 11.7 Å². The van der Waals surface area contributed by atoms with Crippen molar-refractivity contribution < 1.29 is 17.5 Å². The molecular weight excluding hydrogens is 425 g/mol. The molecule has 0 unspecified atom stereocenters. The van der Waals surface area contributed by atoms with Crippen LogP contribution in [-0.2, 0) is 16.4 Å². The minimum atomic E-state index is -3.19. The Hall–Kier alpha value is -2.70. The van der Waals surface area contributed by atoms with Crippen LogP contribution < -0.4 is 4.74 Å². The van der Waals surface area contributed by atoms with Gasteiger partial charge in [0.2, 0.25) is 0 Å². The van der Waals surface area contributed by atoms with Crippen molar-refractivity contribution in [1.82, 2.24) is 4.90 Å². The van der Waals surface area contributed by atoms with Crippen LogP contribution in [0.25, 0.3) is 11.1 Å². The number of halogens is 1. The van der Waals surface area contributed by atoms with Crippen LogP contribution in [-0.4, -0.2) is 39.3 Å². The normalized spacial score (nSPS) is 15.6. The molecule has 32 heavy (non-hydrogen) atoms. The third-order valence-corrected chi connectivity index (χ3v) is 7.09. The summed E-state index contributed by atoms with van der Waals surface area (Å²) in [6.07, 6.45) is 3.35. The molecular formula is C26H28FNO3S. The van der Waals surface area contributed by atoms with E-state index in [1.807, 2.05) is 42.5 Å². The number of hydrogen-bond acceptors (Lipinski definition) is 4. The van der Waals surface area contributed by atoms with Crippen molar-refractivity contribution in [1.29, 1.82) is 0 Å². The SMILES string of the molecule is CS(=O)(=O)c1ccc(-c2ccc(OCC3CCN(Cc4cccc(F)c4)CC3)cc2)cc1. The molecule has 0 saturated carbocycles. The molecule has 0 aliphatic carbocycles. The summed E-state index contributed by atoms with van der Waals surface area (Å²) in [7, 11) is -3.19. The lowest BCUT2D eigenvalue weighted by Crippen LogP contribution is -2.35. The summed E-state index contributed by atoms with van der Waals surface area (Å²) < 4.78 is 42.6. The van der Waals surface area contributed by atoms with E-state index < -0.39 is 9.84 Å². The van der Waals surface area contributed by atoms with Gasteiger partial charge in [-0.15, -0.1) is 0 Å². The molecule has 0 spiro atoms. The van der Waals surface area contributed by atoms with Gasteiger partial charge < -0.3 is 4.74 Å². The Balaban J connectivity index is 1.25. The standard InChI is InChI=1S/C26H28FNO3S/c1-32(29,30)26-11-7-23(8-12-26)22-5-9-25(10-6-22)31-19-20-13-15-28(16-14-20)18-21-3-2-4-24(27)17-21/h2-12,17,20H,13-16,18-19H2,1H3. The zero-order valence-electron chi connectivity index (χ0n) is 18.2. The van der Waals surface area contributed by atoms with Crippen LogP contribution in [0.15, 0.2) is 77.7 Å². The van der Waals surface area contributed by atoms with Crippen LogP contribution in [0.4, 0.5) is 4.39 Å². The molecule has 1 saturated heterocycles. The molecule has 3 aromatic carbocycles. The van der Waals surface area contributed by atoms with Crippen molar-refractivity contribution in [2.24, 2.45) is 5.92 Å². The largest absolute Gasteiger partial charge is 0.493 e. The van der Waals surface area contributed by atoms with E-state index in [-0.39, 0.29) is 5.82 Å². The second-order valence-electron chi connectivity index (χ2n) is 8.48. The molecule has 6 heteroatoms. The Morgan fingerprint density at radius 1 is 0.938 bits per heavy atom. The molecule has 4 rings (SSSR count). The third-order valence-electron chi connectivity index (χ3n) is 5.96. The fourth-order valence-electron chi connectivity index (χ4n) is 4.06. The molecule has 168 valence electrons. The highest BCUT2D eigenvalue weighted by atomic mass is 32.2. The Labute approximate surface area is 189 Å². The number of piperidine rings is 1. The van der Waals surface area contributed by atoms with Crippen molar-refractivity contribution in [3.63, 3.8) is 0 Å². The third kappa shape index (κ3) is 5.96. The van der Waals surface area contributed by atoms with Gasteiger partial charge in [0.15, 0.2) is 9.84 Å². The van der Waals surface area contributed by atoms with Crippen LogP contribution in [0.2, 0.25) is 0 Å². The van der Waals surface area contributed by atoms with E-state index in [4.69, 9.17) is 4.74 Å². The van der Waals surface area contributed by atoms with Gasteiger partial charge in [0.1, 0.15) is 11.6 Å². The van der Waals surface area contributed by atoms with Gasteiger partial charge in [0.05, 0.1) is 11.5 Å². The van der Waals surface area contributed by atoms with E-state index in [9.17, 15) is 12.8 Å². The van der Waals surface area contributed by atoms with E-state index >= 15 is 0 Å². The molecule has 3 aromatic rings. The second kappa shape index (κ2) is 9.84. The average Bonchev–Trinajstić information content (AvgIpc) is 2.79. The van der Waals surface area contributed by atoms with Gasteiger partial charge in [-0.25, -0.2) is 12.8 Å². The minimum Gasteiger partial charge on any atom is -0.493 e. The summed E-state index contributed by atoms with van der Waals surface area (Å²) in [6, 6.07) is 21.6. The smallest absolute Gasteiger partial charge is 0.175 e. The van der Waals surface area contributed by atoms with E-state index in [2.05, 4.69) is 4.90 Å². The van der Waals surface area contributed by atoms with Gasteiger partial charge >= 0.3 is 0 Å². The van der Waals surface area contributed by atoms with E-state index in [1.54, 1.807) is 24.3 Å².